The van der Waals surface area contributed by atoms with Crippen LogP contribution < -0.4 is 13.8 Å². The highest BCUT2D eigenvalue weighted by molar-refractivity contribution is 7.92. The summed E-state index contributed by atoms with van der Waals surface area (Å²) < 4.78 is 38.7. The number of aryl methyl sites for hydroxylation is 1. The number of hydrogen-bond acceptors (Lipinski definition) is 6. The summed E-state index contributed by atoms with van der Waals surface area (Å²) in [5.41, 5.74) is 1.04. The topological polar surface area (TPSA) is 93.1 Å². The Morgan fingerprint density at radius 2 is 1.87 bits per heavy atom. The maximum Gasteiger partial charge on any atom is 0.341 e. The summed E-state index contributed by atoms with van der Waals surface area (Å²) in [6, 6.07) is 14.9. The van der Waals surface area contributed by atoms with Crippen molar-refractivity contribution in [3.05, 3.63) is 70.4 Å². The lowest BCUT2D eigenvalue weighted by molar-refractivity contribution is -0.139. The van der Waals surface area contributed by atoms with Crippen LogP contribution in [0.3, 0.4) is 0 Å². The molecule has 0 spiro atoms. The molecule has 0 radical (unpaired) electrons. The van der Waals surface area contributed by atoms with E-state index >= 15 is 0 Å². The number of nitrogens with zero attached hydrogens (tertiary/aromatic N) is 1. The van der Waals surface area contributed by atoms with Gasteiger partial charge in [-0.3, -0.25) is 4.31 Å². The number of sulfonamides is 1. The molecule has 0 saturated heterocycles. The summed E-state index contributed by atoms with van der Waals surface area (Å²) in [4.78, 5) is 11.7. The third-order valence-corrected chi connectivity index (χ3v) is 6.96. The van der Waals surface area contributed by atoms with E-state index in [1.807, 2.05) is 17.5 Å². The second-order valence-corrected chi connectivity index (χ2v) is 9.29. The average Bonchev–Trinajstić information content (AvgIpc) is 3.24. The second-order valence-electron chi connectivity index (χ2n) is 6.40. The van der Waals surface area contributed by atoms with Crippen molar-refractivity contribution in [3.63, 3.8) is 0 Å². The van der Waals surface area contributed by atoms with Crippen molar-refractivity contribution in [1.82, 2.24) is 0 Å². The summed E-state index contributed by atoms with van der Waals surface area (Å²) >= 11 is 1.47. The largest absolute Gasteiger partial charge is 0.497 e. The number of carboxylic acids is 1. The summed E-state index contributed by atoms with van der Waals surface area (Å²) in [6.45, 7) is 1.36. The molecule has 1 aromatic heterocycles. The molecule has 2 aromatic carbocycles. The Morgan fingerprint density at radius 3 is 2.43 bits per heavy atom. The first-order valence-electron chi connectivity index (χ1n) is 8.95. The Hall–Kier alpha value is -3.04. The molecule has 1 N–H and O–H groups in total. The molecule has 30 heavy (non-hydrogen) atoms. The number of thiophene rings is 1. The van der Waals surface area contributed by atoms with Gasteiger partial charge in [0.25, 0.3) is 10.0 Å². The first-order valence-corrected chi connectivity index (χ1v) is 11.3. The first-order chi connectivity index (χ1) is 14.3. The number of rotatable bonds is 9. The van der Waals surface area contributed by atoms with Crippen molar-refractivity contribution < 1.29 is 27.8 Å². The van der Waals surface area contributed by atoms with Gasteiger partial charge in [-0.2, -0.15) is 0 Å². The Balaban J connectivity index is 1.98. The van der Waals surface area contributed by atoms with Crippen LogP contribution in [0.25, 0.3) is 0 Å². The molecule has 3 aromatic rings. The van der Waals surface area contributed by atoms with Crippen LogP contribution in [0.15, 0.2) is 64.9 Å². The number of hydrogen-bond donors (Lipinski definition) is 1. The molecule has 0 unspecified atom stereocenters. The molecule has 0 amide bonds. The third kappa shape index (κ3) is 4.92. The van der Waals surface area contributed by atoms with Gasteiger partial charge in [0.1, 0.15) is 11.5 Å². The molecule has 158 valence electrons. The highest BCUT2D eigenvalue weighted by Crippen LogP contribution is 2.30. The van der Waals surface area contributed by atoms with E-state index in [4.69, 9.17) is 14.6 Å². The van der Waals surface area contributed by atoms with Crippen molar-refractivity contribution >= 4 is 33.0 Å². The van der Waals surface area contributed by atoms with Gasteiger partial charge in [0.05, 0.1) is 24.2 Å². The molecule has 3 rings (SSSR count). The van der Waals surface area contributed by atoms with Crippen LogP contribution in [0.5, 0.6) is 11.5 Å². The number of methoxy groups -OCH3 is 1. The molecule has 0 aliphatic rings. The lowest BCUT2D eigenvalue weighted by Crippen LogP contribution is -2.30. The number of carbonyl (C=O) groups is 1. The van der Waals surface area contributed by atoms with Crippen LogP contribution in [-0.2, 0) is 21.4 Å². The molecule has 0 fully saturated rings. The highest BCUT2D eigenvalue weighted by atomic mass is 32.2. The highest BCUT2D eigenvalue weighted by Gasteiger charge is 2.26. The van der Waals surface area contributed by atoms with Crippen molar-refractivity contribution in [2.75, 3.05) is 18.0 Å². The van der Waals surface area contributed by atoms with Crippen molar-refractivity contribution in [2.45, 2.75) is 18.4 Å². The molecule has 9 heteroatoms. The normalized spacial score (nSPS) is 11.1. The number of benzene rings is 2. The van der Waals surface area contributed by atoms with E-state index in [1.54, 1.807) is 38.3 Å². The molecule has 0 bridgehead atoms. The summed E-state index contributed by atoms with van der Waals surface area (Å²) in [5.74, 6) is -0.152. The maximum absolute atomic E-state index is 13.5. The van der Waals surface area contributed by atoms with Gasteiger partial charge in [-0.05, 0) is 66.4 Å². The van der Waals surface area contributed by atoms with Gasteiger partial charge in [-0.1, -0.05) is 6.07 Å². The van der Waals surface area contributed by atoms with Crippen molar-refractivity contribution in [2.24, 2.45) is 0 Å². The molecular weight excluding hydrogens is 426 g/mol. The second kappa shape index (κ2) is 9.19. The fraction of sp³-hybridized carbons (Fsp3) is 0.190. The minimum atomic E-state index is -3.89. The molecule has 1 heterocycles. The van der Waals surface area contributed by atoms with E-state index in [-0.39, 0.29) is 11.4 Å². The molecule has 0 atom stereocenters. The Bertz CT molecular complexity index is 1110. The first kappa shape index (κ1) is 21.7. The number of ether oxygens (including phenoxy) is 2. The van der Waals surface area contributed by atoms with Gasteiger partial charge >= 0.3 is 5.97 Å². The lowest BCUT2D eigenvalue weighted by Gasteiger charge is -2.24. The molecule has 0 saturated carbocycles. The van der Waals surface area contributed by atoms with Crippen LogP contribution in [0, 0.1) is 6.92 Å². The Kier molecular flexibility index (Phi) is 6.63. The standard InChI is InChI=1S/C21H21NO6S2/c1-15-12-19(9-10-20(15)28-14-21(23)24)30(25,26)22(13-18-4-3-11-29-18)16-5-7-17(27-2)8-6-16/h3-12H,13-14H2,1-2H3,(H,23,24). The lowest BCUT2D eigenvalue weighted by atomic mass is 10.2. The Morgan fingerprint density at radius 1 is 1.13 bits per heavy atom. The number of aliphatic carboxylic acids is 1. The van der Waals surface area contributed by atoms with Gasteiger partial charge in [0.15, 0.2) is 6.61 Å². The van der Waals surface area contributed by atoms with Crippen LogP contribution >= 0.6 is 11.3 Å². The fourth-order valence-electron chi connectivity index (χ4n) is 2.82. The van der Waals surface area contributed by atoms with E-state index in [2.05, 4.69) is 0 Å². The van der Waals surface area contributed by atoms with E-state index in [0.717, 1.165) is 4.88 Å². The predicted molar refractivity (Wildman–Crippen MR) is 115 cm³/mol. The van der Waals surface area contributed by atoms with E-state index in [0.29, 0.717) is 22.7 Å². The average molecular weight is 448 g/mol. The molecular formula is C21H21NO6S2. The zero-order chi connectivity index (χ0) is 21.7. The predicted octanol–water partition coefficient (Wildman–Crippen LogP) is 3.92. The summed E-state index contributed by atoms with van der Waals surface area (Å²) in [6.07, 6.45) is 0. The van der Waals surface area contributed by atoms with Gasteiger partial charge in [-0.25, -0.2) is 13.2 Å². The zero-order valence-electron chi connectivity index (χ0n) is 16.4. The maximum atomic E-state index is 13.5. The molecule has 7 nitrogen and oxygen atoms in total. The quantitative estimate of drug-likeness (QED) is 0.534. The van der Waals surface area contributed by atoms with Gasteiger partial charge in [0.2, 0.25) is 0 Å². The van der Waals surface area contributed by atoms with Crippen LogP contribution in [0.4, 0.5) is 5.69 Å². The van der Waals surface area contributed by atoms with E-state index in [1.165, 1.54) is 33.8 Å². The monoisotopic (exact) mass is 447 g/mol. The smallest absolute Gasteiger partial charge is 0.341 e. The number of anilines is 1. The van der Waals surface area contributed by atoms with Gasteiger partial charge in [0, 0.05) is 4.88 Å². The van der Waals surface area contributed by atoms with E-state index in [9.17, 15) is 13.2 Å². The van der Waals surface area contributed by atoms with Crippen LogP contribution in [-0.4, -0.2) is 33.2 Å². The van der Waals surface area contributed by atoms with Crippen molar-refractivity contribution in [3.8, 4) is 11.5 Å². The van der Waals surface area contributed by atoms with Crippen LogP contribution in [0.1, 0.15) is 10.4 Å². The van der Waals surface area contributed by atoms with Crippen LogP contribution in [0.2, 0.25) is 0 Å². The zero-order valence-corrected chi connectivity index (χ0v) is 18.1. The minimum Gasteiger partial charge on any atom is -0.497 e. The fourth-order valence-corrected chi connectivity index (χ4v) is 5.12. The SMILES string of the molecule is COc1ccc(N(Cc2cccs2)S(=O)(=O)c2ccc(OCC(=O)O)c(C)c2)cc1. The number of carboxylic acid groups (broad SMARTS) is 1. The van der Waals surface area contributed by atoms with Gasteiger partial charge in [-0.15, -0.1) is 11.3 Å². The molecule has 0 aliphatic carbocycles. The third-order valence-electron chi connectivity index (χ3n) is 4.33. The van der Waals surface area contributed by atoms with Crippen molar-refractivity contribution in [1.29, 1.82) is 0 Å². The Labute approximate surface area is 179 Å². The summed E-state index contributed by atoms with van der Waals surface area (Å²) in [5, 5.41) is 10.7. The molecule has 0 aliphatic heterocycles. The minimum absolute atomic E-state index is 0.0926. The summed E-state index contributed by atoms with van der Waals surface area (Å²) in [7, 11) is -2.35. The van der Waals surface area contributed by atoms with E-state index < -0.39 is 22.6 Å². The van der Waals surface area contributed by atoms with Gasteiger partial charge < -0.3 is 14.6 Å².